The number of hydrogen-bond acceptors (Lipinski definition) is 5. The Labute approximate surface area is 273 Å². The molecule has 7 rings (SSSR count). The summed E-state index contributed by atoms with van der Waals surface area (Å²) in [6.45, 7) is 6.18. The first-order chi connectivity index (χ1) is 22.2. The molecule has 2 bridgehead atoms. The number of hydrogen-bond donors (Lipinski definition) is 1. The van der Waals surface area contributed by atoms with E-state index in [4.69, 9.17) is 9.47 Å². The summed E-state index contributed by atoms with van der Waals surface area (Å²) in [5.74, 6) is 0.0130. The van der Waals surface area contributed by atoms with E-state index in [2.05, 4.69) is 44.2 Å². The summed E-state index contributed by atoms with van der Waals surface area (Å²) in [6, 6.07) is 24.3. The first kappa shape index (κ1) is 32.2. The molecule has 1 heterocycles. The maximum absolute atomic E-state index is 14.4. The van der Waals surface area contributed by atoms with E-state index in [0.717, 1.165) is 60.8 Å². The molecule has 1 saturated heterocycles. The summed E-state index contributed by atoms with van der Waals surface area (Å²) in [4.78, 5) is 29.6. The molecule has 0 radical (unpaired) electrons. The lowest BCUT2D eigenvalue weighted by Gasteiger charge is -2.43. The van der Waals surface area contributed by atoms with Crippen molar-refractivity contribution in [1.82, 2.24) is 4.90 Å². The molecule has 1 N–H and O–H groups in total. The number of ketones is 1. The maximum atomic E-state index is 14.4. The van der Waals surface area contributed by atoms with Gasteiger partial charge in [-0.25, -0.2) is 4.79 Å². The SMILES string of the molecule is COCCCN1C[C@@]2(CC[C@H]3c4ccc(cc4C(=O)c4ccc(-c5ccccc5)cc4)C[C@@H](O)CCC(C)=CCC[C@@]32C)OC1=O. The van der Waals surface area contributed by atoms with Crippen molar-refractivity contribution in [3.8, 4) is 11.1 Å². The van der Waals surface area contributed by atoms with Crippen LogP contribution >= 0.6 is 0 Å². The van der Waals surface area contributed by atoms with Crippen LogP contribution in [0.3, 0.4) is 0 Å². The van der Waals surface area contributed by atoms with Crippen molar-refractivity contribution < 1.29 is 24.2 Å². The zero-order valence-corrected chi connectivity index (χ0v) is 27.5. The van der Waals surface area contributed by atoms with Crippen LogP contribution < -0.4 is 0 Å². The summed E-state index contributed by atoms with van der Waals surface area (Å²) in [5, 5.41) is 10.9. The molecule has 4 aliphatic rings. The van der Waals surface area contributed by atoms with Gasteiger partial charge in [-0.2, -0.15) is 0 Å². The van der Waals surface area contributed by atoms with Crippen LogP contribution in [0.4, 0.5) is 4.79 Å². The molecule has 0 aromatic heterocycles. The second-order valence-electron chi connectivity index (χ2n) is 13.8. The van der Waals surface area contributed by atoms with Gasteiger partial charge in [-0.1, -0.05) is 85.3 Å². The Balaban J connectivity index is 1.40. The normalized spacial score (nSPS) is 26.5. The van der Waals surface area contributed by atoms with E-state index in [1.165, 1.54) is 5.57 Å². The van der Waals surface area contributed by atoms with Crippen molar-refractivity contribution >= 4 is 11.9 Å². The largest absolute Gasteiger partial charge is 0.440 e. The number of methoxy groups -OCH3 is 1. The van der Waals surface area contributed by atoms with E-state index >= 15 is 0 Å². The first-order valence-electron chi connectivity index (χ1n) is 16.9. The number of ether oxygens (including phenoxy) is 2. The molecule has 46 heavy (non-hydrogen) atoms. The van der Waals surface area contributed by atoms with Gasteiger partial charge in [0.1, 0.15) is 5.60 Å². The van der Waals surface area contributed by atoms with Crippen molar-refractivity contribution in [2.75, 3.05) is 26.8 Å². The minimum atomic E-state index is -0.632. The summed E-state index contributed by atoms with van der Waals surface area (Å²) in [6.07, 6.45) is 7.59. The highest BCUT2D eigenvalue weighted by atomic mass is 16.6. The average molecular weight is 622 g/mol. The van der Waals surface area contributed by atoms with Crippen molar-refractivity contribution in [3.05, 3.63) is 107 Å². The zero-order valence-electron chi connectivity index (χ0n) is 27.5. The quantitative estimate of drug-likeness (QED) is 0.164. The third-order valence-corrected chi connectivity index (χ3v) is 10.9. The van der Waals surface area contributed by atoms with Gasteiger partial charge < -0.3 is 19.5 Å². The number of benzene rings is 3. The van der Waals surface area contributed by atoms with Gasteiger partial charge in [-0.05, 0) is 92.5 Å². The summed E-state index contributed by atoms with van der Waals surface area (Å²) in [7, 11) is 1.68. The molecule has 2 fully saturated rings. The third kappa shape index (κ3) is 6.30. The topological polar surface area (TPSA) is 76.1 Å². The van der Waals surface area contributed by atoms with Crippen molar-refractivity contribution in [1.29, 1.82) is 0 Å². The number of fused-ring (bicyclic) bond motifs is 8. The van der Waals surface area contributed by atoms with Crippen LogP contribution in [0, 0.1) is 5.41 Å². The molecule has 1 amide bonds. The highest BCUT2D eigenvalue weighted by molar-refractivity contribution is 6.10. The molecule has 6 heteroatoms. The van der Waals surface area contributed by atoms with E-state index in [-0.39, 0.29) is 23.2 Å². The summed E-state index contributed by atoms with van der Waals surface area (Å²) >= 11 is 0. The van der Waals surface area contributed by atoms with E-state index in [1.54, 1.807) is 7.11 Å². The average Bonchev–Trinajstić information content (AvgIpc) is 3.54. The second-order valence-corrected chi connectivity index (χ2v) is 13.8. The van der Waals surface area contributed by atoms with Crippen molar-refractivity contribution in [3.63, 3.8) is 0 Å². The fourth-order valence-corrected chi connectivity index (χ4v) is 8.15. The van der Waals surface area contributed by atoms with Crippen LogP contribution in [0.5, 0.6) is 0 Å². The van der Waals surface area contributed by atoms with Gasteiger partial charge in [0.2, 0.25) is 0 Å². The molecule has 3 aromatic rings. The highest BCUT2D eigenvalue weighted by Gasteiger charge is 2.63. The molecule has 1 saturated carbocycles. The lowest BCUT2D eigenvalue weighted by Crippen LogP contribution is -2.48. The molecular formula is C40H47NO5. The van der Waals surface area contributed by atoms with Crippen LogP contribution in [0.15, 0.2) is 84.4 Å². The number of carbonyl (C=O) groups is 2. The van der Waals surface area contributed by atoms with Gasteiger partial charge >= 0.3 is 6.09 Å². The van der Waals surface area contributed by atoms with Crippen LogP contribution in [0.2, 0.25) is 0 Å². The summed E-state index contributed by atoms with van der Waals surface area (Å²) < 4.78 is 11.7. The van der Waals surface area contributed by atoms with Crippen LogP contribution in [-0.2, 0) is 15.9 Å². The third-order valence-electron chi connectivity index (χ3n) is 10.9. The Hall–Kier alpha value is -3.74. The number of aliphatic hydroxyl groups is 1. The van der Waals surface area contributed by atoms with E-state index in [9.17, 15) is 14.7 Å². The number of nitrogens with zero attached hydrogens (tertiary/aromatic N) is 1. The number of amides is 1. The number of aliphatic hydroxyl groups excluding tert-OH is 1. The fraction of sp³-hybridized carbons (Fsp3) is 0.450. The minimum Gasteiger partial charge on any atom is -0.440 e. The molecule has 1 spiro atoms. The highest BCUT2D eigenvalue weighted by Crippen LogP contribution is 2.61. The van der Waals surface area contributed by atoms with Gasteiger partial charge in [0.25, 0.3) is 0 Å². The van der Waals surface area contributed by atoms with Gasteiger partial charge in [0, 0.05) is 36.8 Å². The molecule has 242 valence electrons. The lowest BCUT2D eigenvalue weighted by molar-refractivity contribution is -0.0373. The smallest absolute Gasteiger partial charge is 0.410 e. The number of rotatable bonds is 7. The summed E-state index contributed by atoms with van der Waals surface area (Å²) in [5.41, 5.74) is 5.75. The van der Waals surface area contributed by atoms with E-state index < -0.39 is 11.7 Å². The van der Waals surface area contributed by atoms with Gasteiger partial charge in [-0.3, -0.25) is 4.79 Å². The Bertz CT molecular complexity index is 1580. The predicted molar refractivity (Wildman–Crippen MR) is 181 cm³/mol. The van der Waals surface area contributed by atoms with E-state index in [0.29, 0.717) is 43.7 Å². The van der Waals surface area contributed by atoms with Crippen molar-refractivity contribution in [2.24, 2.45) is 5.41 Å². The van der Waals surface area contributed by atoms with Crippen LogP contribution in [0.1, 0.15) is 91.8 Å². The maximum Gasteiger partial charge on any atom is 0.410 e. The molecule has 6 nitrogen and oxygen atoms in total. The number of allylic oxidation sites excluding steroid dienone is 2. The zero-order chi connectivity index (χ0) is 32.3. The predicted octanol–water partition coefficient (Wildman–Crippen LogP) is 8.12. The van der Waals surface area contributed by atoms with Crippen LogP contribution in [-0.4, -0.2) is 60.4 Å². The monoisotopic (exact) mass is 621 g/mol. The Morgan fingerprint density at radius 2 is 1.78 bits per heavy atom. The Morgan fingerprint density at radius 1 is 1.02 bits per heavy atom. The molecular weight excluding hydrogens is 574 g/mol. The van der Waals surface area contributed by atoms with Crippen LogP contribution in [0.25, 0.3) is 11.1 Å². The lowest BCUT2D eigenvalue weighted by atomic mass is 9.64. The van der Waals surface area contributed by atoms with Gasteiger partial charge in [0.15, 0.2) is 5.78 Å². The minimum absolute atomic E-state index is 0.0123. The Kier molecular flexibility index (Phi) is 9.49. The fourth-order valence-electron chi connectivity index (χ4n) is 8.15. The second kappa shape index (κ2) is 13.5. The van der Waals surface area contributed by atoms with E-state index in [1.807, 2.05) is 53.4 Å². The molecule has 4 atom stereocenters. The standard InChI is InChI=1S/C40H47NO5/c1-28-9-7-21-39(2)36(20-22-40(39)27-41(38(44)46-40)23-8-24-45-3)34-19-13-29(25-33(42)18-12-28)26-35(34)37(43)32-16-14-31(15-17-32)30-10-5-4-6-11-30/h4-6,9-11,13-17,19,26,33,36,42H,7-8,12,18,20-25,27H2,1-3H3/t33-,36-,39-,40+/m0/s1. The molecule has 3 aromatic carbocycles. The number of carbonyl (C=O) groups excluding carboxylic acids is 2. The van der Waals surface area contributed by atoms with Crippen molar-refractivity contribution in [2.45, 2.75) is 82.8 Å². The Morgan fingerprint density at radius 3 is 2.54 bits per heavy atom. The van der Waals surface area contributed by atoms with Gasteiger partial charge in [-0.15, -0.1) is 0 Å². The molecule has 1 aliphatic heterocycles. The first-order valence-corrected chi connectivity index (χ1v) is 16.9. The van der Waals surface area contributed by atoms with Gasteiger partial charge in [0.05, 0.1) is 12.6 Å². The molecule has 0 unspecified atom stereocenters. The molecule has 3 aliphatic carbocycles.